The fourth-order valence-electron chi connectivity index (χ4n) is 2.28. The van der Waals surface area contributed by atoms with Crippen LogP contribution in [0, 0.1) is 15.0 Å². The Labute approximate surface area is 123 Å². The molecule has 0 aliphatic heterocycles. The van der Waals surface area contributed by atoms with Gasteiger partial charge in [-0.2, -0.15) is 4.73 Å². The van der Waals surface area contributed by atoms with Crippen molar-refractivity contribution in [2.45, 2.75) is 0 Å². The van der Waals surface area contributed by atoms with Gasteiger partial charge in [-0.15, -0.1) is 0 Å². The highest BCUT2D eigenvalue weighted by atomic mass is 16.6. The Bertz CT molecular complexity index is 947. The lowest BCUT2D eigenvalue weighted by molar-refractivity contribution is -0.447. The molecule has 0 saturated heterocycles. The number of aromatic nitrogens is 2. The van der Waals surface area contributed by atoms with Crippen LogP contribution >= 0.6 is 0 Å². The van der Waals surface area contributed by atoms with Crippen LogP contribution in [0.3, 0.4) is 0 Å². The molecule has 0 radical (unpaired) electrons. The molecule has 3 rings (SSSR count). The maximum Gasteiger partial charge on any atom is 0.345 e. The average molecular weight is 299 g/mol. The Morgan fingerprint density at radius 1 is 1.14 bits per heavy atom. The normalized spacial score (nSPS) is 10.7. The number of fused-ring (bicyclic) bond motifs is 1. The average Bonchev–Trinajstić information content (AvgIpc) is 2.53. The fraction of sp³-hybridized carbons (Fsp3) is 0. The van der Waals surface area contributed by atoms with Crippen molar-refractivity contribution in [2.24, 2.45) is 0 Å². The third kappa shape index (κ3) is 1.94. The van der Waals surface area contributed by atoms with E-state index in [1.807, 2.05) is 0 Å². The van der Waals surface area contributed by atoms with Crippen LogP contribution in [0.1, 0.15) is 0 Å². The molecular formula is C14H11N4O4+. The molecular weight excluding hydrogens is 288 g/mol. The first-order valence-corrected chi connectivity index (χ1v) is 6.30. The molecule has 3 N–H and O–H groups in total. The predicted octanol–water partition coefficient (Wildman–Crippen LogP) is 1.95. The number of benzene rings is 2. The smallest absolute Gasteiger partial charge is 0.345 e. The summed E-state index contributed by atoms with van der Waals surface area (Å²) in [5.41, 5.74) is 6.68. The summed E-state index contributed by atoms with van der Waals surface area (Å²) in [5, 5.41) is 21.0. The summed E-state index contributed by atoms with van der Waals surface area (Å²) in [4.78, 5) is 22.4. The van der Waals surface area contributed by atoms with Crippen LogP contribution in [-0.2, 0) is 0 Å². The molecule has 22 heavy (non-hydrogen) atoms. The van der Waals surface area contributed by atoms with Gasteiger partial charge in [-0.25, -0.2) is 0 Å². The molecule has 0 amide bonds. The third-order valence-electron chi connectivity index (χ3n) is 3.35. The number of para-hydroxylation sites is 2. The molecule has 3 aromatic rings. The van der Waals surface area contributed by atoms with Gasteiger partial charge in [0.25, 0.3) is 5.69 Å². The van der Waals surface area contributed by atoms with Gasteiger partial charge in [-0.1, -0.05) is 17.0 Å². The Balaban J connectivity index is 2.31. The molecule has 2 aromatic carbocycles. The number of hydrogen-bond donors (Lipinski definition) is 2. The summed E-state index contributed by atoms with van der Waals surface area (Å²) in [6.07, 6.45) is 0. The Kier molecular flexibility index (Phi) is 2.99. The van der Waals surface area contributed by atoms with E-state index in [0.717, 1.165) is 4.73 Å². The van der Waals surface area contributed by atoms with Gasteiger partial charge in [0.05, 0.1) is 4.92 Å². The lowest BCUT2D eigenvalue weighted by atomic mass is 10.1. The van der Waals surface area contributed by atoms with Gasteiger partial charge in [0.1, 0.15) is 5.52 Å². The number of non-ortho nitro benzene ring substituents is 1. The van der Waals surface area contributed by atoms with Crippen LogP contribution in [0.15, 0.2) is 48.5 Å². The van der Waals surface area contributed by atoms with Crippen LogP contribution in [0.4, 0.5) is 11.5 Å². The van der Waals surface area contributed by atoms with Crippen LogP contribution < -0.4 is 10.2 Å². The number of anilines is 1. The van der Waals surface area contributed by atoms with E-state index < -0.39 is 4.92 Å². The highest BCUT2D eigenvalue weighted by Crippen LogP contribution is 2.27. The number of nitrogen functional groups attached to an aromatic ring is 1. The lowest BCUT2D eigenvalue weighted by Gasteiger charge is -2.09. The highest BCUT2D eigenvalue weighted by molar-refractivity contribution is 5.79. The minimum absolute atomic E-state index is 0.0728. The van der Waals surface area contributed by atoms with E-state index in [2.05, 4.69) is 0 Å². The van der Waals surface area contributed by atoms with E-state index in [1.54, 1.807) is 18.2 Å². The summed E-state index contributed by atoms with van der Waals surface area (Å²) in [5.74, 6) is -0.199. The first-order chi connectivity index (χ1) is 10.5. The topological polar surface area (TPSA) is 117 Å². The van der Waals surface area contributed by atoms with Crippen molar-refractivity contribution >= 4 is 22.5 Å². The second-order valence-corrected chi connectivity index (χ2v) is 4.63. The van der Waals surface area contributed by atoms with Gasteiger partial charge in [0, 0.05) is 22.1 Å². The van der Waals surface area contributed by atoms with E-state index in [0.29, 0.717) is 9.99 Å². The zero-order valence-electron chi connectivity index (χ0n) is 11.2. The Morgan fingerprint density at radius 2 is 1.77 bits per heavy atom. The first-order valence-electron chi connectivity index (χ1n) is 6.30. The second-order valence-electron chi connectivity index (χ2n) is 4.63. The van der Waals surface area contributed by atoms with Gasteiger partial charge in [0.2, 0.25) is 5.52 Å². The minimum Gasteiger partial charge on any atom is -0.427 e. The van der Waals surface area contributed by atoms with Crippen LogP contribution in [0.5, 0.6) is 0 Å². The highest BCUT2D eigenvalue weighted by Gasteiger charge is 2.22. The van der Waals surface area contributed by atoms with E-state index in [1.165, 1.54) is 30.3 Å². The molecule has 0 spiro atoms. The summed E-state index contributed by atoms with van der Waals surface area (Å²) >= 11 is 0. The number of nitro benzene ring substituents is 1. The SMILES string of the molecule is Nc1c(-c2ccc([N+](=O)[O-])cc2)n(O)c2ccccc2[n+]1=O. The van der Waals surface area contributed by atoms with Crippen LogP contribution in [0.25, 0.3) is 22.3 Å². The molecule has 110 valence electrons. The molecule has 0 bridgehead atoms. The van der Waals surface area contributed by atoms with Crippen molar-refractivity contribution in [3.8, 4) is 11.3 Å². The number of rotatable bonds is 2. The number of hydrogen-bond acceptors (Lipinski definition) is 5. The maximum atomic E-state index is 12.2. The van der Waals surface area contributed by atoms with Gasteiger partial charge >= 0.3 is 5.82 Å². The third-order valence-corrected chi connectivity index (χ3v) is 3.35. The van der Waals surface area contributed by atoms with Gasteiger partial charge in [-0.05, 0) is 24.3 Å². The van der Waals surface area contributed by atoms with E-state index in [-0.39, 0.29) is 28.2 Å². The molecule has 1 aromatic heterocycles. The Morgan fingerprint density at radius 3 is 2.41 bits per heavy atom. The summed E-state index contributed by atoms with van der Waals surface area (Å²) < 4.78 is 1.32. The molecule has 0 aliphatic rings. The van der Waals surface area contributed by atoms with Gasteiger partial charge < -0.3 is 5.21 Å². The molecule has 0 saturated carbocycles. The van der Waals surface area contributed by atoms with Crippen molar-refractivity contribution in [3.63, 3.8) is 0 Å². The first kappa shape index (κ1) is 13.6. The monoisotopic (exact) mass is 299 g/mol. The molecule has 8 heteroatoms. The van der Waals surface area contributed by atoms with E-state index in [9.17, 15) is 20.2 Å². The predicted molar refractivity (Wildman–Crippen MR) is 79.0 cm³/mol. The van der Waals surface area contributed by atoms with E-state index >= 15 is 0 Å². The van der Waals surface area contributed by atoms with E-state index in [4.69, 9.17) is 5.73 Å². The summed E-state index contributed by atoms with van der Waals surface area (Å²) in [6.45, 7) is 0. The molecule has 8 nitrogen and oxygen atoms in total. The zero-order valence-corrected chi connectivity index (χ0v) is 11.2. The standard InChI is InChI=1S/C14H11N4O4/c15-14-13(9-5-7-10(8-6-9)18(21)22)16(19)11-3-1-2-4-12(11)17(14)20/h1-8,19H,15H2/q+1. The molecule has 0 fully saturated rings. The van der Waals surface area contributed by atoms with Crippen molar-refractivity contribution in [1.29, 1.82) is 0 Å². The van der Waals surface area contributed by atoms with Crippen molar-refractivity contribution in [3.05, 3.63) is 63.6 Å². The van der Waals surface area contributed by atoms with Crippen LogP contribution in [-0.4, -0.2) is 14.9 Å². The Hall–Kier alpha value is -3.42. The maximum absolute atomic E-state index is 12.2. The van der Waals surface area contributed by atoms with Crippen molar-refractivity contribution in [1.82, 2.24) is 4.73 Å². The zero-order chi connectivity index (χ0) is 15.9. The lowest BCUT2D eigenvalue weighted by Crippen LogP contribution is -2.25. The second kappa shape index (κ2) is 4.85. The molecule has 0 aliphatic carbocycles. The molecule has 1 heterocycles. The van der Waals surface area contributed by atoms with Crippen LogP contribution in [0.2, 0.25) is 0 Å². The quantitative estimate of drug-likeness (QED) is 0.324. The summed E-state index contributed by atoms with van der Waals surface area (Å²) in [7, 11) is 0. The number of nitrogens with two attached hydrogens (primary N) is 1. The van der Waals surface area contributed by atoms with Crippen molar-refractivity contribution < 1.29 is 14.6 Å². The minimum atomic E-state index is -0.533. The molecule has 0 atom stereocenters. The molecule has 0 unspecified atom stereocenters. The number of nitrogens with zero attached hydrogens (tertiary/aromatic N) is 3. The van der Waals surface area contributed by atoms with Gasteiger partial charge in [-0.3, -0.25) is 15.8 Å². The van der Waals surface area contributed by atoms with Gasteiger partial charge in [0.15, 0.2) is 5.69 Å². The fourth-order valence-corrected chi connectivity index (χ4v) is 2.28. The summed E-state index contributed by atoms with van der Waals surface area (Å²) in [6, 6.07) is 11.8. The number of nitro groups is 1. The largest absolute Gasteiger partial charge is 0.427 e. The van der Waals surface area contributed by atoms with Crippen molar-refractivity contribution in [2.75, 3.05) is 5.73 Å².